The zero-order chi connectivity index (χ0) is 13.7. The molecule has 6 nitrogen and oxygen atoms in total. The fourth-order valence-corrected chi connectivity index (χ4v) is 1.70. The number of methoxy groups -OCH3 is 1. The summed E-state index contributed by atoms with van der Waals surface area (Å²) < 4.78 is 4.53. The molecule has 1 aromatic rings. The molecule has 1 aromatic carbocycles. The van der Waals surface area contributed by atoms with E-state index in [4.69, 9.17) is 5.73 Å². The number of benzene rings is 1. The second kappa shape index (κ2) is 6.11. The average molecular weight is 252 g/mol. The summed E-state index contributed by atoms with van der Waals surface area (Å²) in [7, 11) is 1.21. The Hall–Kier alpha value is -1.95. The first-order chi connectivity index (χ1) is 8.45. The van der Waals surface area contributed by atoms with E-state index in [-0.39, 0.29) is 0 Å². The second-order valence-electron chi connectivity index (χ2n) is 4.08. The van der Waals surface area contributed by atoms with E-state index in [0.29, 0.717) is 5.56 Å². The molecule has 0 amide bonds. The molecular weight excluding hydrogens is 236 g/mol. The summed E-state index contributed by atoms with van der Waals surface area (Å²) in [6.45, 7) is 1.51. The first-order valence-electron chi connectivity index (χ1n) is 5.47. The summed E-state index contributed by atoms with van der Waals surface area (Å²) in [6, 6.07) is 6.10. The number of rotatable bonds is 5. The smallest absolute Gasteiger partial charge is 0.323 e. The van der Waals surface area contributed by atoms with Gasteiger partial charge in [0.2, 0.25) is 6.54 Å². The fourth-order valence-electron chi connectivity index (χ4n) is 1.70. The Morgan fingerprint density at radius 2 is 2.00 bits per heavy atom. The van der Waals surface area contributed by atoms with E-state index < -0.39 is 29.4 Å². The lowest BCUT2D eigenvalue weighted by Gasteiger charge is -2.19. The van der Waals surface area contributed by atoms with Crippen LogP contribution in [-0.4, -0.2) is 30.6 Å². The minimum absolute atomic E-state index is 0.403. The van der Waals surface area contributed by atoms with Gasteiger partial charge in [0.25, 0.3) is 0 Å². The van der Waals surface area contributed by atoms with Crippen molar-refractivity contribution >= 4 is 5.97 Å². The maximum Gasteiger partial charge on any atom is 0.323 e. The number of hydrogen-bond acceptors (Lipinski definition) is 5. The van der Waals surface area contributed by atoms with Crippen molar-refractivity contribution in [2.24, 2.45) is 5.73 Å². The van der Waals surface area contributed by atoms with Gasteiger partial charge in [0, 0.05) is 4.92 Å². The highest BCUT2D eigenvalue weighted by atomic mass is 16.6. The van der Waals surface area contributed by atoms with Crippen LogP contribution in [0, 0.1) is 17.0 Å². The highest BCUT2D eigenvalue weighted by Crippen LogP contribution is 2.20. The molecule has 0 radical (unpaired) electrons. The number of aryl methyl sites for hydroxylation is 1. The minimum Gasteiger partial charge on any atom is -0.468 e. The van der Waals surface area contributed by atoms with Gasteiger partial charge >= 0.3 is 5.97 Å². The Kier molecular flexibility index (Phi) is 4.79. The van der Waals surface area contributed by atoms with Gasteiger partial charge < -0.3 is 10.5 Å². The molecule has 0 aromatic heterocycles. The summed E-state index contributed by atoms with van der Waals surface area (Å²) in [4.78, 5) is 21.6. The van der Waals surface area contributed by atoms with E-state index in [9.17, 15) is 14.9 Å². The van der Waals surface area contributed by atoms with E-state index in [0.717, 1.165) is 5.56 Å². The van der Waals surface area contributed by atoms with Gasteiger partial charge in [0.05, 0.1) is 13.0 Å². The van der Waals surface area contributed by atoms with Crippen LogP contribution in [0.15, 0.2) is 24.3 Å². The van der Waals surface area contributed by atoms with Gasteiger partial charge in [-0.25, -0.2) is 0 Å². The number of esters is 1. The summed E-state index contributed by atoms with van der Waals surface area (Å²) in [5, 5.41) is 10.7. The molecule has 0 fully saturated rings. The van der Waals surface area contributed by atoms with Crippen LogP contribution in [0.2, 0.25) is 0 Å². The monoisotopic (exact) mass is 252 g/mol. The van der Waals surface area contributed by atoms with Crippen molar-refractivity contribution in [1.29, 1.82) is 0 Å². The molecule has 2 atom stereocenters. The van der Waals surface area contributed by atoms with E-state index >= 15 is 0 Å². The quantitative estimate of drug-likeness (QED) is 0.476. The maximum absolute atomic E-state index is 11.4. The van der Waals surface area contributed by atoms with Crippen LogP contribution in [0.3, 0.4) is 0 Å². The molecule has 2 N–H and O–H groups in total. The lowest BCUT2D eigenvalue weighted by molar-refractivity contribution is -0.483. The van der Waals surface area contributed by atoms with Crippen molar-refractivity contribution in [3.05, 3.63) is 45.5 Å². The number of nitrogens with two attached hydrogens (primary N) is 1. The molecule has 0 heterocycles. The van der Waals surface area contributed by atoms with Gasteiger partial charge in [0.15, 0.2) is 0 Å². The third-order valence-corrected chi connectivity index (χ3v) is 2.76. The van der Waals surface area contributed by atoms with Crippen LogP contribution in [0.25, 0.3) is 0 Å². The molecule has 0 saturated heterocycles. The summed E-state index contributed by atoms with van der Waals surface area (Å²) in [5.41, 5.74) is 7.41. The van der Waals surface area contributed by atoms with Crippen molar-refractivity contribution in [3.8, 4) is 0 Å². The minimum atomic E-state index is -1.04. The molecule has 98 valence electrons. The van der Waals surface area contributed by atoms with Crippen LogP contribution < -0.4 is 5.73 Å². The zero-order valence-corrected chi connectivity index (χ0v) is 10.3. The Labute approximate surface area is 105 Å². The van der Waals surface area contributed by atoms with Crippen LogP contribution in [0.4, 0.5) is 0 Å². The van der Waals surface area contributed by atoms with Gasteiger partial charge in [-0.2, -0.15) is 0 Å². The predicted molar refractivity (Wildman–Crippen MR) is 65.8 cm³/mol. The lowest BCUT2D eigenvalue weighted by Crippen LogP contribution is -2.40. The molecule has 0 bridgehead atoms. The van der Waals surface area contributed by atoms with Crippen LogP contribution in [-0.2, 0) is 9.53 Å². The zero-order valence-electron chi connectivity index (χ0n) is 10.3. The fraction of sp³-hybridized carbons (Fsp3) is 0.417. The molecular formula is C12H16N2O4. The molecule has 0 unspecified atom stereocenters. The van der Waals surface area contributed by atoms with E-state index in [1.165, 1.54) is 7.11 Å². The van der Waals surface area contributed by atoms with E-state index in [2.05, 4.69) is 4.74 Å². The third kappa shape index (κ3) is 3.53. The highest BCUT2D eigenvalue weighted by Gasteiger charge is 2.30. The Morgan fingerprint density at radius 1 is 1.44 bits per heavy atom. The summed E-state index contributed by atoms with van der Waals surface area (Å²) >= 11 is 0. The van der Waals surface area contributed by atoms with Crippen LogP contribution in [0.5, 0.6) is 0 Å². The Morgan fingerprint density at radius 3 is 2.44 bits per heavy atom. The average Bonchev–Trinajstić information content (AvgIpc) is 2.35. The number of nitrogens with zero attached hydrogens (tertiary/aromatic N) is 1. The number of ether oxygens (including phenoxy) is 1. The predicted octanol–water partition coefficient (Wildman–Crippen LogP) is 0.856. The Balaban J connectivity index is 3.00. The van der Waals surface area contributed by atoms with Gasteiger partial charge in [0.1, 0.15) is 6.04 Å². The van der Waals surface area contributed by atoms with Gasteiger partial charge in [-0.15, -0.1) is 0 Å². The van der Waals surface area contributed by atoms with Crippen LogP contribution >= 0.6 is 0 Å². The van der Waals surface area contributed by atoms with Gasteiger partial charge in [-0.1, -0.05) is 29.8 Å². The second-order valence-corrected chi connectivity index (χ2v) is 4.08. The van der Waals surface area contributed by atoms with Crippen molar-refractivity contribution in [2.75, 3.05) is 13.7 Å². The SMILES string of the molecule is COC(=O)[C@H](N)[C@H](C[N+](=O)[O-])c1ccc(C)cc1. The van der Waals surface area contributed by atoms with Crippen LogP contribution in [0.1, 0.15) is 17.0 Å². The molecule has 0 aliphatic carbocycles. The van der Waals surface area contributed by atoms with Crippen molar-refractivity contribution in [2.45, 2.75) is 18.9 Å². The molecule has 6 heteroatoms. The van der Waals surface area contributed by atoms with Crippen molar-refractivity contribution in [1.82, 2.24) is 0 Å². The normalized spacial score (nSPS) is 13.7. The van der Waals surface area contributed by atoms with Crippen molar-refractivity contribution in [3.63, 3.8) is 0 Å². The topological polar surface area (TPSA) is 95.5 Å². The molecule has 0 aliphatic rings. The highest BCUT2D eigenvalue weighted by molar-refractivity contribution is 5.76. The lowest BCUT2D eigenvalue weighted by atomic mass is 9.91. The molecule has 0 aliphatic heterocycles. The van der Waals surface area contributed by atoms with Gasteiger partial charge in [-0.3, -0.25) is 14.9 Å². The van der Waals surface area contributed by atoms with E-state index in [1.54, 1.807) is 12.1 Å². The summed E-state index contributed by atoms with van der Waals surface area (Å²) in [6.07, 6.45) is 0. The molecule has 0 spiro atoms. The third-order valence-electron chi connectivity index (χ3n) is 2.76. The Bertz CT molecular complexity index is 430. The molecule has 0 saturated carbocycles. The standard InChI is InChI=1S/C12H16N2O4/c1-8-3-5-9(6-4-8)10(7-14(16)17)11(13)12(15)18-2/h3-6,10-11H,7,13H2,1-2H3/t10-,11-/m1/s1. The number of carbonyl (C=O) groups is 1. The molecule has 18 heavy (non-hydrogen) atoms. The molecule has 1 rings (SSSR count). The van der Waals surface area contributed by atoms with Gasteiger partial charge in [-0.05, 0) is 12.5 Å². The number of nitro groups is 1. The number of hydrogen-bond donors (Lipinski definition) is 1. The first kappa shape index (κ1) is 14.1. The number of carbonyl (C=O) groups excluding carboxylic acids is 1. The maximum atomic E-state index is 11.4. The first-order valence-corrected chi connectivity index (χ1v) is 5.47. The van der Waals surface area contributed by atoms with E-state index in [1.807, 2.05) is 19.1 Å². The summed E-state index contributed by atoms with van der Waals surface area (Å²) in [5.74, 6) is -1.34. The largest absolute Gasteiger partial charge is 0.468 e. The van der Waals surface area contributed by atoms with Crippen molar-refractivity contribution < 1.29 is 14.5 Å².